The van der Waals surface area contributed by atoms with Crippen LogP contribution >= 0.6 is 0 Å². The lowest BCUT2D eigenvalue weighted by molar-refractivity contribution is -0.385. The zero-order chi connectivity index (χ0) is 26.2. The maximum atomic E-state index is 10.9. The number of aliphatic imine (C=N–C) groups is 2. The number of amidine groups is 1. The summed E-state index contributed by atoms with van der Waals surface area (Å²) in [5.41, 5.74) is 3.48. The molecule has 1 aliphatic heterocycles. The van der Waals surface area contributed by atoms with Crippen LogP contribution in [0.15, 0.2) is 82.8 Å². The van der Waals surface area contributed by atoms with Crippen LogP contribution in [-0.2, 0) is 9.53 Å². The Morgan fingerprint density at radius 2 is 1.36 bits per heavy atom. The van der Waals surface area contributed by atoms with E-state index in [0.717, 1.165) is 11.3 Å². The number of esters is 1. The second-order valence-corrected chi connectivity index (χ2v) is 7.44. The number of hydrogen-bond donors (Lipinski definition) is 0. The van der Waals surface area contributed by atoms with Gasteiger partial charge in [0.15, 0.2) is 5.84 Å². The van der Waals surface area contributed by atoms with Crippen LogP contribution in [0, 0.1) is 20.2 Å². The zero-order valence-electron chi connectivity index (χ0n) is 19.8. The van der Waals surface area contributed by atoms with Crippen LogP contribution in [0.4, 0.5) is 28.4 Å². The highest BCUT2D eigenvalue weighted by molar-refractivity contribution is 6.56. The summed E-state index contributed by atoms with van der Waals surface area (Å²) in [6.07, 6.45) is 0. The number of anilines is 1. The smallest absolute Gasteiger partial charge is 0.302 e. The van der Waals surface area contributed by atoms with Crippen molar-refractivity contribution in [2.75, 3.05) is 18.6 Å². The molecule has 1 heterocycles. The number of rotatable bonds is 5. The number of carbonyl (C=O) groups is 1. The molecule has 3 aromatic rings. The van der Waals surface area contributed by atoms with Gasteiger partial charge in [0.1, 0.15) is 5.71 Å². The van der Waals surface area contributed by atoms with Crippen molar-refractivity contribution in [2.45, 2.75) is 13.8 Å². The molecule has 0 spiro atoms. The number of nitro benzene ring substituents is 2. The van der Waals surface area contributed by atoms with E-state index in [1.165, 1.54) is 31.2 Å². The Balaban J connectivity index is 0.000000538. The summed E-state index contributed by atoms with van der Waals surface area (Å²) < 4.78 is 4.40. The molecule has 36 heavy (non-hydrogen) atoms. The first-order valence-electron chi connectivity index (χ1n) is 10.8. The molecule has 1 aliphatic rings. The van der Waals surface area contributed by atoms with Crippen molar-refractivity contribution >= 4 is 46.0 Å². The summed E-state index contributed by atoms with van der Waals surface area (Å²) >= 11 is 0. The first-order valence-corrected chi connectivity index (χ1v) is 10.8. The highest BCUT2D eigenvalue weighted by Gasteiger charge is 2.29. The van der Waals surface area contributed by atoms with Crippen LogP contribution in [0.5, 0.6) is 0 Å². The molecule has 184 valence electrons. The second-order valence-electron chi connectivity index (χ2n) is 7.44. The van der Waals surface area contributed by atoms with Crippen LogP contribution in [0.3, 0.4) is 0 Å². The van der Waals surface area contributed by atoms with E-state index in [9.17, 15) is 25.0 Å². The molecule has 0 unspecified atom stereocenters. The molecule has 0 bridgehead atoms. The largest absolute Gasteiger partial charge is 0.466 e. The quantitative estimate of drug-likeness (QED) is 0.266. The first-order chi connectivity index (χ1) is 17.2. The molecule has 0 fully saturated rings. The van der Waals surface area contributed by atoms with Crippen LogP contribution in [0.1, 0.15) is 19.4 Å². The molecule has 0 N–H and O–H groups in total. The maximum absolute atomic E-state index is 10.9. The number of para-hydroxylation sites is 1. The van der Waals surface area contributed by atoms with Gasteiger partial charge in [-0.25, -0.2) is 9.98 Å². The lowest BCUT2D eigenvalue weighted by Gasteiger charge is -2.13. The molecule has 0 aliphatic carbocycles. The molecule has 0 radical (unpaired) electrons. The van der Waals surface area contributed by atoms with Gasteiger partial charge in [-0.05, 0) is 37.3 Å². The van der Waals surface area contributed by atoms with E-state index >= 15 is 0 Å². The van der Waals surface area contributed by atoms with Gasteiger partial charge in [0.05, 0.1) is 33.5 Å². The number of carbonyl (C=O) groups excluding carboxylic acids is 1. The van der Waals surface area contributed by atoms with Crippen molar-refractivity contribution < 1.29 is 19.4 Å². The maximum Gasteiger partial charge on any atom is 0.302 e. The van der Waals surface area contributed by atoms with E-state index in [4.69, 9.17) is 0 Å². The van der Waals surface area contributed by atoms with Crippen LogP contribution < -0.4 is 4.90 Å². The molecule has 0 atom stereocenters. The Kier molecular flexibility index (Phi) is 8.18. The molecule has 0 aromatic heterocycles. The van der Waals surface area contributed by atoms with Gasteiger partial charge in [0, 0.05) is 43.8 Å². The number of benzene rings is 3. The molecule has 0 amide bonds. The fraction of sp³-hybridized carbons (Fsp3) is 0.160. The number of nitrogens with zero attached hydrogens (tertiary/aromatic N) is 5. The lowest BCUT2D eigenvalue weighted by atomic mass is 10.1. The molecule has 4 rings (SSSR count). The van der Waals surface area contributed by atoms with Crippen molar-refractivity contribution in [1.29, 1.82) is 0 Å². The first kappa shape index (κ1) is 25.7. The number of hydrogen-bond acceptors (Lipinski definition) is 8. The van der Waals surface area contributed by atoms with Gasteiger partial charge in [-0.2, -0.15) is 0 Å². The number of nitro groups is 2. The minimum Gasteiger partial charge on any atom is -0.466 e. The Morgan fingerprint density at radius 3 is 1.81 bits per heavy atom. The minimum atomic E-state index is -0.462. The Morgan fingerprint density at radius 1 is 0.861 bits per heavy atom. The summed E-state index contributed by atoms with van der Waals surface area (Å²) in [4.78, 5) is 41.9. The van der Waals surface area contributed by atoms with E-state index < -0.39 is 9.85 Å². The van der Waals surface area contributed by atoms with Gasteiger partial charge < -0.3 is 9.64 Å². The lowest BCUT2D eigenvalue weighted by Crippen LogP contribution is -2.25. The monoisotopic (exact) mass is 489 g/mol. The summed E-state index contributed by atoms with van der Waals surface area (Å²) in [5, 5.41) is 21.8. The van der Waals surface area contributed by atoms with Crippen molar-refractivity contribution in [3.8, 4) is 0 Å². The average molecular weight is 489 g/mol. The number of ether oxygens (including phenoxy) is 1. The van der Waals surface area contributed by atoms with Gasteiger partial charge in [0.2, 0.25) is 0 Å². The number of likely N-dealkylation sites (N-methyl/N-ethyl adjacent to an activating group) is 1. The molecule has 11 heteroatoms. The normalized spacial score (nSPS) is 14.1. The predicted molar refractivity (Wildman–Crippen MR) is 137 cm³/mol. The van der Waals surface area contributed by atoms with E-state index in [1.54, 1.807) is 31.2 Å². The summed E-state index contributed by atoms with van der Waals surface area (Å²) in [6, 6.07) is 19.6. The SMILES string of the molecule is CCOC(C)=O.CN1C(=Nc2ccc([N+](=O)[O-])cc2)C(=Nc2ccc([N+](=O)[O-])cc2)c2ccccc21. The highest BCUT2D eigenvalue weighted by atomic mass is 16.6. The average Bonchev–Trinajstić information content (AvgIpc) is 3.11. The second kappa shape index (κ2) is 11.5. The van der Waals surface area contributed by atoms with Crippen LogP contribution in [0.2, 0.25) is 0 Å². The fourth-order valence-corrected chi connectivity index (χ4v) is 3.35. The standard InChI is InChI=1S/C21H15N5O4.C4H8O2/c1-24-19-5-3-2-4-18(19)20(22-14-6-10-16(11-7-14)25(27)28)21(24)23-15-8-12-17(13-9-15)26(29)30;1-3-6-4(2)5/h2-13H,1H3;3H2,1-2H3. The number of non-ortho nitro benzene ring substituents is 2. The highest BCUT2D eigenvalue weighted by Crippen LogP contribution is 2.32. The predicted octanol–water partition coefficient (Wildman–Crippen LogP) is 5.37. The molecule has 11 nitrogen and oxygen atoms in total. The molecule has 3 aromatic carbocycles. The molecular weight excluding hydrogens is 466 g/mol. The Bertz CT molecular complexity index is 1330. The van der Waals surface area contributed by atoms with Crippen molar-refractivity contribution in [3.05, 3.63) is 98.6 Å². The summed E-state index contributed by atoms with van der Waals surface area (Å²) in [5.74, 6) is 0.362. The van der Waals surface area contributed by atoms with Crippen LogP contribution in [-0.4, -0.2) is 41.0 Å². The van der Waals surface area contributed by atoms with Crippen molar-refractivity contribution in [3.63, 3.8) is 0 Å². The van der Waals surface area contributed by atoms with E-state index in [1.807, 2.05) is 36.2 Å². The topological polar surface area (TPSA) is 141 Å². The zero-order valence-corrected chi connectivity index (χ0v) is 19.8. The summed E-state index contributed by atoms with van der Waals surface area (Å²) in [7, 11) is 1.86. The third kappa shape index (κ3) is 6.14. The van der Waals surface area contributed by atoms with Crippen LogP contribution in [0.25, 0.3) is 0 Å². The Hall–Kier alpha value is -4.93. The number of fused-ring (bicyclic) bond motifs is 1. The van der Waals surface area contributed by atoms with Gasteiger partial charge in [-0.15, -0.1) is 0 Å². The van der Waals surface area contributed by atoms with E-state index in [-0.39, 0.29) is 17.3 Å². The minimum absolute atomic E-state index is 0.0114. The summed E-state index contributed by atoms with van der Waals surface area (Å²) in [6.45, 7) is 3.65. The third-order valence-electron chi connectivity index (χ3n) is 4.99. The van der Waals surface area contributed by atoms with Gasteiger partial charge >= 0.3 is 5.97 Å². The van der Waals surface area contributed by atoms with Gasteiger partial charge in [-0.1, -0.05) is 18.2 Å². The molecule has 0 saturated heterocycles. The fourth-order valence-electron chi connectivity index (χ4n) is 3.35. The third-order valence-corrected chi connectivity index (χ3v) is 4.99. The van der Waals surface area contributed by atoms with E-state index in [2.05, 4.69) is 14.7 Å². The van der Waals surface area contributed by atoms with Gasteiger partial charge in [-0.3, -0.25) is 25.0 Å². The van der Waals surface area contributed by atoms with E-state index in [0.29, 0.717) is 29.5 Å². The molecule has 0 saturated carbocycles. The van der Waals surface area contributed by atoms with Crippen molar-refractivity contribution in [1.82, 2.24) is 0 Å². The molecular formula is C25H23N5O6. The van der Waals surface area contributed by atoms with Crippen molar-refractivity contribution in [2.24, 2.45) is 9.98 Å². The Labute approximate surface area is 206 Å². The van der Waals surface area contributed by atoms with Gasteiger partial charge in [0.25, 0.3) is 11.4 Å².